The Morgan fingerprint density at radius 3 is 2.71 bits per heavy atom. The summed E-state index contributed by atoms with van der Waals surface area (Å²) in [6.45, 7) is 3.54. The van der Waals surface area contributed by atoms with Crippen LogP contribution < -0.4 is 0 Å². The number of nitrogens with zero attached hydrogens (tertiary/aromatic N) is 1. The number of benzene rings is 1. The maximum atomic E-state index is 12.7. The van der Waals surface area contributed by atoms with E-state index in [-0.39, 0.29) is 5.78 Å². The Hall–Kier alpha value is -0.900. The van der Waals surface area contributed by atoms with E-state index >= 15 is 0 Å². The molecule has 21 heavy (non-hydrogen) atoms. The normalized spacial score (nSPS) is 28.1. The molecule has 2 nitrogen and oxygen atoms in total. The zero-order valence-corrected chi connectivity index (χ0v) is 13.4. The lowest BCUT2D eigenvalue weighted by Gasteiger charge is -2.44. The van der Waals surface area contributed by atoms with Crippen molar-refractivity contribution in [2.75, 3.05) is 19.6 Å². The van der Waals surface area contributed by atoms with Crippen LogP contribution in [0.15, 0.2) is 24.3 Å². The molecule has 0 aliphatic carbocycles. The Kier molecular flexibility index (Phi) is 3.52. The topological polar surface area (TPSA) is 20.3 Å². The van der Waals surface area contributed by atoms with Crippen LogP contribution in [0.3, 0.4) is 0 Å². The standard InChI is InChI=1S/C17H18ClNOS/c18-16-13-3-1-2-4-15(13)21-17(16)14(20)9-12-10-19-7-5-11(12)6-8-19/h1-4,11-12H,5-10H2/t12-/m0/s1. The minimum absolute atomic E-state index is 0.236. The fourth-order valence-electron chi connectivity index (χ4n) is 3.84. The maximum absolute atomic E-state index is 12.7. The van der Waals surface area contributed by atoms with Gasteiger partial charge in [0.25, 0.3) is 0 Å². The number of ketones is 1. The van der Waals surface area contributed by atoms with E-state index in [4.69, 9.17) is 11.6 Å². The molecular weight excluding hydrogens is 302 g/mol. The van der Waals surface area contributed by atoms with Crippen LogP contribution in [0.1, 0.15) is 28.9 Å². The second kappa shape index (κ2) is 5.38. The fourth-order valence-corrected chi connectivity index (χ4v) is 5.33. The van der Waals surface area contributed by atoms with Crippen molar-refractivity contribution < 1.29 is 4.79 Å². The van der Waals surface area contributed by atoms with Gasteiger partial charge >= 0.3 is 0 Å². The number of halogens is 1. The summed E-state index contributed by atoms with van der Waals surface area (Å²) in [5.41, 5.74) is 0. The van der Waals surface area contributed by atoms with Gasteiger partial charge in [0.15, 0.2) is 5.78 Å². The van der Waals surface area contributed by atoms with Crippen molar-refractivity contribution in [3.8, 4) is 0 Å². The highest BCUT2D eigenvalue weighted by atomic mass is 35.5. The molecule has 3 fully saturated rings. The van der Waals surface area contributed by atoms with Gasteiger partial charge in [-0.25, -0.2) is 0 Å². The Labute approximate surface area is 133 Å². The second-order valence-electron chi connectivity index (χ2n) is 6.27. The number of carbonyl (C=O) groups excluding carboxylic acids is 1. The van der Waals surface area contributed by atoms with Crippen molar-refractivity contribution in [1.29, 1.82) is 0 Å². The molecule has 2 bridgehead atoms. The number of Topliss-reactive ketones (excluding diaryl/α,β-unsaturated/α-hetero) is 1. The minimum Gasteiger partial charge on any atom is -0.303 e. The van der Waals surface area contributed by atoms with Gasteiger partial charge in [0, 0.05) is 23.1 Å². The summed E-state index contributed by atoms with van der Waals surface area (Å²) >= 11 is 7.97. The van der Waals surface area contributed by atoms with Gasteiger partial charge in [0.1, 0.15) is 0 Å². The smallest absolute Gasteiger partial charge is 0.174 e. The van der Waals surface area contributed by atoms with Crippen LogP contribution in [0.4, 0.5) is 0 Å². The molecule has 0 N–H and O–H groups in total. The molecule has 2 aromatic rings. The first-order valence-electron chi connectivity index (χ1n) is 7.65. The highest BCUT2D eigenvalue weighted by Crippen LogP contribution is 2.39. The zero-order chi connectivity index (χ0) is 14.4. The third-order valence-corrected chi connectivity index (χ3v) is 6.74. The lowest BCUT2D eigenvalue weighted by atomic mass is 9.76. The van der Waals surface area contributed by atoms with Gasteiger partial charge in [-0.05, 0) is 43.8 Å². The van der Waals surface area contributed by atoms with Crippen LogP contribution >= 0.6 is 22.9 Å². The zero-order valence-electron chi connectivity index (χ0n) is 11.8. The first kappa shape index (κ1) is 13.7. The van der Waals surface area contributed by atoms with Gasteiger partial charge in [-0.3, -0.25) is 4.79 Å². The molecule has 3 aliphatic heterocycles. The molecule has 3 saturated heterocycles. The average Bonchev–Trinajstić information content (AvgIpc) is 2.86. The molecule has 5 rings (SSSR count). The number of hydrogen-bond donors (Lipinski definition) is 0. The van der Waals surface area contributed by atoms with E-state index in [0.717, 1.165) is 27.4 Å². The first-order chi connectivity index (χ1) is 10.2. The summed E-state index contributed by atoms with van der Waals surface area (Å²) in [7, 11) is 0. The number of piperidine rings is 3. The summed E-state index contributed by atoms with van der Waals surface area (Å²) in [4.78, 5) is 16.0. The van der Waals surface area contributed by atoms with E-state index in [9.17, 15) is 4.79 Å². The van der Waals surface area contributed by atoms with Gasteiger partial charge in [0.2, 0.25) is 0 Å². The van der Waals surface area contributed by atoms with Gasteiger partial charge in [-0.1, -0.05) is 29.8 Å². The third-order valence-electron chi connectivity index (χ3n) is 5.03. The minimum atomic E-state index is 0.236. The molecule has 0 amide bonds. The largest absolute Gasteiger partial charge is 0.303 e. The molecule has 1 aromatic carbocycles. The molecule has 4 heteroatoms. The molecule has 4 heterocycles. The monoisotopic (exact) mass is 319 g/mol. The van der Waals surface area contributed by atoms with Crippen LogP contribution in [-0.4, -0.2) is 30.3 Å². The summed E-state index contributed by atoms with van der Waals surface area (Å²) in [6, 6.07) is 8.01. The molecule has 0 radical (unpaired) electrons. The van der Waals surface area contributed by atoms with Crippen molar-refractivity contribution in [2.45, 2.75) is 19.3 Å². The quantitative estimate of drug-likeness (QED) is 0.778. The number of thiophene rings is 1. The van der Waals surface area contributed by atoms with Crippen LogP contribution in [0.25, 0.3) is 10.1 Å². The molecule has 1 aromatic heterocycles. The van der Waals surface area contributed by atoms with Crippen LogP contribution in [0.2, 0.25) is 5.02 Å². The van der Waals surface area contributed by atoms with E-state index < -0.39 is 0 Å². The van der Waals surface area contributed by atoms with Crippen LogP contribution in [-0.2, 0) is 0 Å². The Morgan fingerprint density at radius 1 is 1.29 bits per heavy atom. The SMILES string of the molecule is O=C(C[C@H]1CN2CCC1CC2)c1sc2ccccc2c1Cl. The molecular formula is C17H18ClNOS. The highest BCUT2D eigenvalue weighted by Gasteiger charge is 2.35. The lowest BCUT2D eigenvalue weighted by Crippen LogP contribution is -2.47. The van der Waals surface area contributed by atoms with Gasteiger partial charge in [-0.15, -0.1) is 11.3 Å². The van der Waals surface area contributed by atoms with Crippen molar-refractivity contribution in [1.82, 2.24) is 4.90 Å². The first-order valence-corrected chi connectivity index (χ1v) is 8.84. The predicted octanol–water partition coefficient (Wildman–Crippen LogP) is 4.47. The second-order valence-corrected chi connectivity index (χ2v) is 7.70. The highest BCUT2D eigenvalue weighted by molar-refractivity contribution is 7.21. The van der Waals surface area contributed by atoms with Gasteiger partial charge in [0.05, 0.1) is 9.90 Å². The van der Waals surface area contributed by atoms with E-state index in [0.29, 0.717) is 17.4 Å². The Bertz CT molecular complexity index is 687. The predicted molar refractivity (Wildman–Crippen MR) is 88.4 cm³/mol. The number of hydrogen-bond acceptors (Lipinski definition) is 3. The molecule has 3 aliphatic rings. The maximum Gasteiger partial charge on any atom is 0.174 e. The van der Waals surface area contributed by atoms with Gasteiger partial charge < -0.3 is 4.90 Å². The van der Waals surface area contributed by atoms with Crippen molar-refractivity contribution in [3.63, 3.8) is 0 Å². The van der Waals surface area contributed by atoms with E-state index in [2.05, 4.69) is 4.90 Å². The van der Waals surface area contributed by atoms with E-state index in [1.807, 2.05) is 24.3 Å². The van der Waals surface area contributed by atoms with Crippen molar-refractivity contribution in [3.05, 3.63) is 34.2 Å². The molecule has 0 saturated carbocycles. The summed E-state index contributed by atoms with van der Waals surface area (Å²) in [6.07, 6.45) is 3.18. The van der Waals surface area contributed by atoms with Crippen molar-refractivity contribution >= 4 is 38.8 Å². The van der Waals surface area contributed by atoms with Crippen molar-refractivity contribution in [2.24, 2.45) is 11.8 Å². The Morgan fingerprint density at radius 2 is 2.05 bits per heavy atom. The van der Waals surface area contributed by atoms with Crippen LogP contribution in [0, 0.1) is 11.8 Å². The summed E-state index contributed by atoms with van der Waals surface area (Å²) in [5, 5.41) is 1.67. The van der Waals surface area contributed by atoms with E-state index in [1.165, 1.54) is 25.9 Å². The molecule has 1 atom stereocenters. The molecule has 0 unspecified atom stereocenters. The third kappa shape index (κ3) is 2.41. The average molecular weight is 320 g/mol. The number of rotatable bonds is 3. The fraction of sp³-hybridized carbons (Fsp3) is 0.471. The van der Waals surface area contributed by atoms with Gasteiger partial charge in [-0.2, -0.15) is 0 Å². The lowest BCUT2D eigenvalue weighted by molar-refractivity contribution is 0.0442. The Balaban J connectivity index is 1.58. The van der Waals surface area contributed by atoms with Crippen LogP contribution in [0.5, 0.6) is 0 Å². The molecule has 0 spiro atoms. The number of carbonyl (C=O) groups is 1. The number of fused-ring (bicyclic) bond motifs is 4. The van der Waals surface area contributed by atoms with E-state index in [1.54, 1.807) is 11.3 Å². The summed E-state index contributed by atoms with van der Waals surface area (Å²) in [5.74, 6) is 1.51. The molecule has 110 valence electrons. The summed E-state index contributed by atoms with van der Waals surface area (Å²) < 4.78 is 1.11.